The smallest absolute Gasteiger partial charge is 0.293 e. The van der Waals surface area contributed by atoms with Gasteiger partial charge in [-0.25, -0.2) is 4.98 Å². The van der Waals surface area contributed by atoms with Crippen LogP contribution in [-0.2, 0) is 6.54 Å². The molecule has 0 aliphatic carbocycles. The van der Waals surface area contributed by atoms with Gasteiger partial charge in [0.05, 0.1) is 0 Å². The molecular formula is C14H26N4O. The molecule has 1 unspecified atom stereocenters. The molecule has 5 heteroatoms. The van der Waals surface area contributed by atoms with Crippen LogP contribution in [0.5, 0.6) is 0 Å². The van der Waals surface area contributed by atoms with E-state index in [0.29, 0.717) is 18.3 Å². The van der Waals surface area contributed by atoms with E-state index in [-0.39, 0.29) is 5.56 Å². The predicted octanol–water partition coefficient (Wildman–Crippen LogP) is 1.83. The van der Waals surface area contributed by atoms with Crippen molar-refractivity contribution in [3.63, 3.8) is 0 Å². The summed E-state index contributed by atoms with van der Waals surface area (Å²) >= 11 is 0. The minimum absolute atomic E-state index is 0.0349. The number of aryl methyl sites for hydroxylation is 1. The fraction of sp³-hybridized carbons (Fsp3) is 0.714. The Morgan fingerprint density at radius 1 is 1.37 bits per heavy atom. The van der Waals surface area contributed by atoms with Gasteiger partial charge in [0.1, 0.15) is 0 Å². The Hall–Kier alpha value is -1.36. The molecule has 19 heavy (non-hydrogen) atoms. The Kier molecular flexibility index (Phi) is 7.18. The first-order valence-corrected chi connectivity index (χ1v) is 7.22. The van der Waals surface area contributed by atoms with Crippen molar-refractivity contribution in [3.8, 4) is 0 Å². The maximum atomic E-state index is 12.1. The van der Waals surface area contributed by atoms with Crippen LogP contribution in [0.4, 0.5) is 5.82 Å². The van der Waals surface area contributed by atoms with Crippen molar-refractivity contribution >= 4 is 5.82 Å². The van der Waals surface area contributed by atoms with E-state index in [2.05, 4.69) is 24.1 Å². The number of hydrogen-bond acceptors (Lipinski definition) is 4. The number of nitrogens with two attached hydrogens (primary N) is 1. The van der Waals surface area contributed by atoms with Crippen molar-refractivity contribution in [2.75, 3.05) is 18.4 Å². The van der Waals surface area contributed by atoms with Crippen molar-refractivity contribution in [1.29, 1.82) is 0 Å². The standard InChI is InChI=1S/C14H26N4O/c1-3-5-12(6-7-15)11-17-13-14(19)18(9-4-2)10-8-16-13/h8,10,12H,3-7,9,11,15H2,1-2H3,(H,16,17). The average Bonchev–Trinajstić information content (AvgIpc) is 2.40. The maximum absolute atomic E-state index is 12.1. The SMILES string of the molecule is CCCC(CCN)CNc1nccn(CCC)c1=O. The summed E-state index contributed by atoms with van der Waals surface area (Å²) in [5, 5.41) is 3.18. The summed E-state index contributed by atoms with van der Waals surface area (Å²) in [6.07, 6.45) is 7.60. The van der Waals surface area contributed by atoms with Crippen LogP contribution in [-0.4, -0.2) is 22.6 Å². The van der Waals surface area contributed by atoms with Gasteiger partial charge in [-0.15, -0.1) is 0 Å². The molecular weight excluding hydrogens is 240 g/mol. The van der Waals surface area contributed by atoms with Crippen LogP contribution in [0.3, 0.4) is 0 Å². The van der Waals surface area contributed by atoms with E-state index < -0.39 is 0 Å². The average molecular weight is 266 g/mol. The summed E-state index contributed by atoms with van der Waals surface area (Å²) < 4.78 is 1.70. The molecule has 0 spiro atoms. The zero-order valence-corrected chi connectivity index (χ0v) is 12.1. The van der Waals surface area contributed by atoms with Crippen LogP contribution >= 0.6 is 0 Å². The molecule has 3 N–H and O–H groups in total. The quantitative estimate of drug-likeness (QED) is 0.715. The fourth-order valence-corrected chi connectivity index (χ4v) is 2.22. The lowest BCUT2D eigenvalue weighted by molar-refractivity contribution is 0.472. The van der Waals surface area contributed by atoms with Crippen molar-refractivity contribution in [3.05, 3.63) is 22.7 Å². The zero-order valence-electron chi connectivity index (χ0n) is 12.1. The van der Waals surface area contributed by atoms with Crippen LogP contribution in [0, 0.1) is 5.92 Å². The molecule has 0 fully saturated rings. The summed E-state index contributed by atoms with van der Waals surface area (Å²) in [5.74, 6) is 0.963. The van der Waals surface area contributed by atoms with Gasteiger partial charge in [-0.3, -0.25) is 4.79 Å². The minimum Gasteiger partial charge on any atom is -0.365 e. The molecule has 0 amide bonds. The number of nitrogens with one attached hydrogen (secondary N) is 1. The Morgan fingerprint density at radius 2 is 2.16 bits per heavy atom. The van der Waals surface area contributed by atoms with Gasteiger partial charge >= 0.3 is 0 Å². The van der Waals surface area contributed by atoms with E-state index in [1.807, 2.05) is 0 Å². The lowest BCUT2D eigenvalue weighted by Gasteiger charge is -2.16. The van der Waals surface area contributed by atoms with Gasteiger partial charge in [-0.05, 0) is 31.7 Å². The van der Waals surface area contributed by atoms with E-state index in [1.165, 1.54) is 0 Å². The molecule has 1 rings (SSSR count). The molecule has 0 aliphatic heterocycles. The van der Waals surface area contributed by atoms with Gasteiger partial charge in [-0.1, -0.05) is 20.3 Å². The molecule has 0 saturated heterocycles. The predicted molar refractivity (Wildman–Crippen MR) is 79.3 cm³/mol. The highest BCUT2D eigenvalue weighted by Crippen LogP contribution is 2.10. The second kappa shape index (κ2) is 8.69. The van der Waals surface area contributed by atoms with Gasteiger partial charge in [-0.2, -0.15) is 0 Å². The van der Waals surface area contributed by atoms with Gasteiger partial charge in [0.25, 0.3) is 5.56 Å². The highest BCUT2D eigenvalue weighted by Gasteiger charge is 2.09. The van der Waals surface area contributed by atoms with Gasteiger partial charge in [0, 0.05) is 25.5 Å². The monoisotopic (exact) mass is 266 g/mol. The van der Waals surface area contributed by atoms with E-state index in [0.717, 1.165) is 38.8 Å². The molecule has 0 aromatic carbocycles. The Bertz CT molecular complexity index is 410. The number of aromatic nitrogens is 2. The second-order valence-corrected chi connectivity index (χ2v) is 4.89. The number of hydrogen-bond donors (Lipinski definition) is 2. The third kappa shape index (κ3) is 5.03. The molecule has 0 saturated carbocycles. The van der Waals surface area contributed by atoms with Crippen LogP contribution in [0.25, 0.3) is 0 Å². The summed E-state index contributed by atoms with van der Waals surface area (Å²) in [6, 6.07) is 0. The van der Waals surface area contributed by atoms with Crippen molar-refractivity contribution in [2.45, 2.75) is 46.1 Å². The lowest BCUT2D eigenvalue weighted by Crippen LogP contribution is -2.27. The Morgan fingerprint density at radius 3 is 2.79 bits per heavy atom. The molecule has 0 bridgehead atoms. The fourth-order valence-electron chi connectivity index (χ4n) is 2.22. The van der Waals surface area contributed by atoms with E-state index in [1.54, 1.807) is 17.0 Å². The van der Waals surface area contributed by atoms with Crippen molar-refractivity contribution in [2.24, 2.45) is 11.7 Å². The van der Waals surface area contributed by atoms with Gasteiger partial charge < -0.3 is 15.6 Å². The molecule has 0 aliphatic rings. The molecule has 5 nitrogen and oxygen atoms in total. The third-order valence-corrected chi connectivity index (χ3v) is 3.21. The van der Waals surface area contributed by atoms with E-state index in [4.69, 9.17) is 5.73 Å². The summed E-state index contributed by atoms with van der Waals surface area (Å²) in [5.41, 5.74) is 5.58. The second-order valence-electron chi connectivity index (χ2n) is 4.89. The van der Waals surface area contributed by atoms with Crippen molar-refractivity contribution in [1.82, 2.24) is 9.55 Å². The number of rotatable bonds is 9. The molecule has 1 atom stereocenters. The van der Waals surface area contributed by atoms with Crippen LogP contribution in [0.2, 0.25) is 0 Å². The van der Waals surface area contributed by atoms with Crippen LogP contribution < -0.4 is 16.6 Å². The largest absolute Gasteiger partial charge is 0.365 e. The first-order valence-electron chi connectivity index (χ1n) is 7.22. The Labute approximate surface area is 115 Å². The highest BCUT2D eigenvalue weighted by molar-refractivity contribution is 5.30. The third-order valence-electron chi connectivity index (χ3n) is 3.21. The molecule has 108 valence electrons. The lowest BCUT2D eigenvalue weighted by atomic mass is 10.00. The molecule has 1 heterocycles. The first kappa shape index (κ1) is 15.7. The zero-order chi connectivity index (χ0) is 14.1. The maximum Gasteiger partial charge on any atom is 0.293 e. The van der Waals surface area contributed by atoms with E-state index >= 15 is 0 Å². The topological polar surface area (TPSA) is 72.9 Å². The molecule has 1 aromatic rings. The summed E-state index contributed by atoms with van der Waals surface area (Å²) in [4.78, 5) is 16.2. The minimum atomic E-state index is -0.0349. The Balaban J connectivity index is 2.65. The van der Waals surface area contributed by atoms with Gasteiger partial charge in [0.15, 0.2) is 5.82 Å². The summed E-state index contributed by atoms with van der Waals surface area (Å²) in [6.45, 7) is 6.41. The first-order chi connectivity index (χ1) is 9.22. The normalized spacial score (nSPS) is 12.4. The van der Waals surface area contributed by atoms with Crippen LogP contribution in [0.1, 0.15) is 39.5 Å². The summed E-state index contributed by atoms with van der Waals surface area (Å²) in [7, 11) is 0. The van der Waals surface area contributed by atoms with Crippen LogP contribution in [0.15, 0.2) is 17.2 Å². The van der Waals surface area contributed by atoms with Gasteiger partial charge in [0.2, 0.25) is 0 Å². The number of anilines is 1. The molecule has 1 aromatic heterocycles. The highest BCUT2D eigenvalue weighted by atomic mass is 16.1. The van der Waals surface area contributed by atoms with E-state index in [9.17, 15) is 4.79 Å². The molecule has 0 radical (unpaired) electrons. The van der Waals surface area contributed by atoms with Crippen molar-refractivity contribution < 1.29 is 0 Å². The number of nitrogens with zero attached hydrogens (tertiary/aromatic N) is 2.